The van der Waals surface area contributed by atoms with Gasteiger partial charge < -0.3 is 14.2 Å². The van der Waals surface area contributed by atoms with Crippen molar-refractivity contribution in [2.75, 3.05) is 33.5 Å². The van der Waals surface area contributed by atoms with Crippen LogP contribution >= 0.6 is 0 Å². The van der Waals surface area contributed by atoms with Crippen LogP contribution in [0.15, 0.2) is 0 Å². The molecule has 0 aliphatic carbocycles. The second kappa shape index (κ2) is 6.35. The maximum atomic E-state index is 5.64. The lowest BCUT2D eigenvalue weighted by atomic mass is 9.95. The summed E-state index contributed by atoms with van der Waals surface area (Å²) in [7, 11) is 1.70. The first kappa shape index (κ1) is 11.0. The van der Waals surface area contributed by atoms with Crippen LogP contribution in [0.3, 0.4) is 0 Å². The Morgan fingerprint density at radius 1 is 1.31 bits per heavy atom. The number of hydrogen-bond donors (Lipinski definition) is 0. The third kappa shape index (κ3) is 4.07. The molecule has 1 fully saturated rings. The zero-order valence-electron chi connectivity index (χ0n) is 8.62. The van der Waals surface area contributed by atoms with Crippen molar-refractivity contribution < 1.29 is 14.2 Å². The third-order valence-electron chi connectivity index (χ3n) is 2.60. The van der Waals surface area contributed by atoms with E-state index in [0.717, 1.165) is 26.1 Å². The fourth-order valence-corrected chi connectivity index (χ4v) is 1.64. The highest BCUT2D eigenvalue weighted by atomic mass is 16.5. The number of hydrogen-bond acceptors (Lipinski definition) is 3. The summed E-state index contributed by atoms with van der Waals surface area (Å²) >= 11 is 0. The van der Waals surface area contributed by atoms with Crippen LogP contribution in [0.4, 0.5) is 0 Å². The van der Waals surface area contributed by atoms with Crippen LogP contribution in [0.2, 0.25) is 0 Å². The van der Waals surface area contributed by atoms with Gasteiger partial charge in [-0.1, -0.05) is 0 Å². The number of methoxy groups -OCH3 is 1. The molecule has 13 heavy (non-hydrogen) atoms. The molecular weight excluding hydrogens is 168 g/mol. The summed E-state index contributed by atoms with van der Waals surface area (Å²) < 4.78 is 15.9. The van der Waals surface area contributed by atoms with Crippen molar-refractivity contribution in [1.82, 2.24) is 0 Å². The highest BCUT2D eigenvalue weighted by Gasteiger charge is 2.20. The van der Waals surface area contributed by atoms with Gasteiger partial charge in [0.15, 0.2) is 0 Å². The van der Waals surface area contributed by atoms with E-state index in [4.69, 9.17) is 14.2 Å². The molecule has 1 heterocycles. The largest absolute Gasteiger partial charge is 0.382 e. The summed E-state index contributed by atoms with van der Waals surface area (Å²) in [6, 6.07) is 0. The lowest BCUT2D eigenvalue weighted by Gasteiger charge is -2.27. The highest BCUT2D eigenvalue weighted by molar-refractivity contribution is 4.69. The van der Waals surface area contributed by atoms with Crippen molar-refractivity contribution in [2.24, 2.45) is 5.92 Å². The molecule has 1 atom stereocenters. The summed E-state index contributed by atoms with van der Waals surface area (Å²) in [6.45, 7) is 5.32. The standard InChI is InChI=1S/C10H20O3/c1-9(13-8-7-11-2)10-3-5-12-6-4-10/h9-10H,3-8H2,1-2H3. The van der Waals surface area contributed by atoms with E-state index in [2.05, 4.69) is 6.92 Å². The van der Waals surface area contributed by atoms with Crippen LogP contribution in [0.5, 0.6) is 0 Å². The van der Waals surface area contributed by atoms with Crippen LogP contribution < -0.4 is 0 Å². The van der Waals surface area contributed by atoms with E-state index in [9.17, 15) is 0 Å². The molecule has 1 unspecified atom stereocenters. The van der Waals surface area contributed by atoms with Gasteiger partial charge in [0.2, 0.25) is 0 Å². The van der Waals surface area contributed by atoms with Gasteiger partial charge in [-0.15, -0.1) is 0 Å². The molecule has 1 aliphatic rings. The van der Waals surface area contributed by atoms with Gasteiger partial charge in [-0.25, -0.2) is 0 Å². The summed E-state index contributed by atoms with van der Waals surface area (Å²) in [5, 5.41) is 0. The van der Waals surface area contributed by atoms with Gasteiger partial charge in [0.25, 0.3) is 0 Å². The van der Waals surface area contributed by atoms with Crippen LogP contribution in [-0.2, 0) is 14.2 Å². The van der Waals surface area contributed by atoms with Gasteiger partial charge in [-0.3, -0.25) is 0 Å². The molecule has 0 saturated carbocycles. The second-order valence-electron chi connectivity index (χ2n) is 3.52. The Morgan fingerprint density at radius 3 is 2.62 bits per heavy atom. The molecule has 0 aromatic rings. The average molecular weight is 188 g/mol. The van der Waals surface area contributed by atoms with Crippen LogP contribution in [-0.4, -0.2) is 39.6 Å². The predicted molar refractivity (Wildman–Crippen MR) is 50.8 cm³/mol. The van der Waals surface area contributed by atoms with E-state index >= 15 is 0 Å². The maximum Gasteiger partial charge on any atom is 0.0704 e. The SMILES string of the molecule is COCCOC(C)C1CCOCC1. The minimum atomic E-state index is 0.346. The van der Waals surface area contributed by atoms with Gasteiger partial charge >= 0.3 is 0 Å². The van der Waals surface area contributed by atoms with E-state index in [1.807, 2.05) is 0 Å². The molecule has 0 amide bonds. The van der Waals surface area contributed by atoms with Gasteiger partial charge in [0, 0.05) is 20.3 Å². The third-order valence-corrected chi connectivity index (χ3v) is 2.60. The smallest absolute Gasteiger partial charge is 0.0704 e. The van der Waals surface area contributed by atoms with E-state index in [1.165, 1.54) is 0 Å². The van der Waals surface area contributed by atoms with Crippen LogP contribution in [0, 0.1) is 5.92 Å². The molecule has 0 radical (unpaired) electrons. The Kier molecular flexibility index (Phi) is 5.35. The van der Waals surface area contributed by atoms with E-state index in [1.54, 1.807) is 7.11 Å². The quantitative estimate of drug-likeness (QED) is 0.611. The van der Waals surface area contributed by atoms with Crippen molar-refractivity contribution in [3.05, 3.63) is 0 Å². The van der Waals surface area contributed by atoms with Gasteiger partial charge in [-0.2, -0.15) is 0 Å². The van der Waals surface area contributed by atoms with E-state index < -0.39 is 0 Å². The molecule has 78 valence electrons. The zero-order valence-corrected chi connectivity index (χ0v) is 8.62. The minimum absolute atomic E-state index is 0.346. The maximum absolute atomic E-state index is 5.64. The topological polar surface area (TPSA) is 27.7 Å². The molecule has 3 heteroatoms. The van der Waals surface area contributed by atoms with Crippen molar-refractivity contribution >= 4 is 0 Å². The molecule has 0 aromatic heterocycles. The highest BCUT2D eigenvalue weighted by Crippen LogP contribution is 2.20. The van der Waals surface area contributed by atoms with E-state index in [0.29, 0.717) is 25.2 Å². The normalized spacial score (nSPS) is 21.7. The van der Waals surface area contributed by atoms with Gasteiger partial charge in [-0.05, 0) is 25.7 Å². The van der Waals surface area contributed by atoms with Crippen molar-refractivity contribution in [1.29, 1.82) is 0 Å². The molecule has 0 N–H and O–H groups in total. The first-order chi connectivity index (χ1) is 6.34. The summed E-state index contributed by atoms with van der Waals surface area (Å²) in [4.78, 5) is 0. The summed E-state index contributed by atoms with van der Waals surface area (Å²) in [6.07, 6.45) is 2.61. The fourth-order valence-electron chi connectivity index (χ4n) is 1.64. The monoisotopic (exact) mass is 188 g/mol. The molecular formula is C10H20O3. The van der Waals surface area contributed by atoms with Crippen LogP contribution in [0.25, 0.3) is 0 Å². The minimum Gasteiger partial charge on any atom is -0.382 e. The molecule has 0 spiro atoms. The Labute approximate surface area is 80.4 Å². The first-order valence-corrected chi connectivity index (χ1v) is 5.03. The summed E-state index contributed by atoms with van der Waals surface area (Å²) in [5.41, 5.74) is 0. The predicted octanol–water partition coefficient (Wildman–Crippen LogP) is 1.46. The van der Waals surface area contributed by atoms with Gasteiger partial charge in [0.1, 0.15) is 0 Å². The molecule has 1 saturated heterocycles. The van der Waals surface area contributed by atoms with Crippen LogP contribution in [0.1, 0.15) is 19.8 Å². The molecule has 0 aromatic carbocycles. The molecule has 3 nitrogen and oxygen atoms in total. The molecule has 1 aliphatic heterocycles. The fraction of sp³-hybridized carbons (Fsp3) is 1.00. The lowest BCUT2D eigenvalue weighted by Crippen LogP contribution is -2.28. The zero-order chi connectivity index (χ0) is 9.52. The number of rotatable bonds is 5. The Hall–Kier alpha value is -0.120. The Morgan fingerprint density at radius 2 is 2.00 bits per heavy atom. The lowest BCUT2D eigenvalue weighted by molar-refractivity contribution is -0.0381. The van der Waals surface area contributed by atoms with Crippen molar-refractivity contribution in [3.63, 3.8) is 0 Å². The average Bonchev–Trinajstić information content (AvgIpc) is 2.19. The molecule has 1 rings (SSSR count). The second-order valence-corrected chi connectivity index (χ2v) is 3.52. The van der Waals surface area contributed by atoms with Gasteiger partial charge in [0.05, 0.1) is 19.3 Å². The Bertz CT molecular complexity index is 121. The number of ether oxygens (including phenoxy) is 3. The summed E-state index contributed by atoms with van der Waals surface area (Å²) in [5.74, 6) is 0.672. The Balaban J connectivity index is 2.09. The first-order valence-electron chi connectivity index (χ1n) is 5.03. The van der Waals surface area contributed by atoms with Crippen molar-refractivity contribution in [3.8, 4) is 0 Å². The van der Waals surface area contributed by atoms with E-state index in [-0.39, 0.29) is 0 Å². The van der Waals surface area contributed by atoms with Crippen molar-refractivity contribution in [2.45, 2.75) is 25.9 Å². The molecule has 0 bridgehead atoms.